The van der Waals surface area contributed by atoms with Crippen LogP contribution >= 0.6 is 0 Å². The molecule has 4 aromatic rings. The molecule has 0 fully saturated rings. The van der Waals surface area contributed by atoms with Gasteiger partial charge in [-0.25, -0.2) is 9.37 Å². The van der Waals surface area contributed by atoms with Gasteiger partial charge in [0, 0.05) is 30.3 Å². The van der Waals surface area contributed by atoms with E-state index in [4.69, 9.17) is 0 Å². The van der Waals surface area contributed by atoms with Crippen molar-refractivity contribution in [2.45, 2.75) is 13.5 Å². The van der Waals surface area contributed by atoms with Gasteiger partial charge >= 0.3 is 0 Å². The third-order valence-corrected chi connectivity index (χ3v) is 4.71. The Balaban J connectivity index is 1.80. The minimum atomic E-state index is -0.339. The van der Waals surface area contributed by atoms with Crippen molar-refractivity contribution in [1.82, 2.24) is 25.1 Å². The largest absolute Gasteiger partial charge is 0.355 e. The van der Waals surface area contributed by atoms with E-state index in [1.54, 1.807) is 56.0 Å². The summed E-state index contributed by atoms with van der Waals surface area (Å²) in [6.45, 7) is 2.74. The normalized spacial score (nSPS) is 11.0. The standard InChI is InChI=1S/C21H18FN5O/c1-3-27-12-24-19-17(11-25-26-20(19)27)15-8-9-18(22)16(10-15)13-4-6-14(7-5-13)21(28)23-2/h4-12H,3H2,1-2H3,(H,23,28). The molecule has 0 unspecified atom stereocenters. The zero-order chi connectivity index (χ0) is 19.7. The summed E-state index contributed by atoms with van der Waals surface area (Å²) in [7, 11) is 1.57. The lowest BCUT2D eigenvalue weighted by atomic mass is 9.98. The third-order valence-electron chi connectivity index (χ3n) is 4.71. The van der Waals surface area contributed by atoms with Crippen molar-refractivity contribution in [2.24, 2.45) is 0 Å². The van der Waals surface area contributed by atoms with Gasteiger partial charge in [-0.1, -0.05) is 18.2 Å². The molecule has 2 aromatic heterocycles. The zero-order valence-corrected chi connectivity index (χ0v) is 15.5. The van der Waals surface area contributed by atoms with Crippen molar-refractivity contribution < 1.29 is 9.18 Å². The van der Waals surface area contributed by atoms with Crippen LogP contribution in [0.15, 0.2) is 55.0 Å². The number of benzene rings is 2. The summed E-state index contributed by atoms with van der Waals surface area (Å²) in [5.41, 5.74) is 4.66. The molecule has 4 rings (SSSR count). The highest BCUT2D eigenvalue weighted by molar-refractivity contribution is 5.94. The molecule has 0 saturated heterocycles. The number of hydrogen-bond acceptors (Lipinski definition) is 4. The number of rotatable bonds is 4. The number of carbonyl (C=O) groups is 1. The Kier molecular flexibility index (Phi) is 4.57. The lowest BCUT2D eigenvalue weighted by Gasteiger charge is -2.09. The number of aromatic nitrogens is 4. The fraction of sp³-hybridized carbons (Fsp3) is 0.143. The van der Waals surface area contributed by atoms with Gasteiger partial charge in [-0.15, -0.1) is 5.10 Å². The van der Waals surface area contributed by atoms with Crippen LogP contribution in [0.1, 0.15) is 17.3 Å². The van der Waals surface area contributed by atoms with E-state index in [1.807, 2.05) is 11.5 Å². The Morgan fingerprint density at radius 1 is 1.11 bits per heavy atom. The monoisotopic (exact) mass is 375 g/mol. The van der Waals surface area contributed by atoms with Gasteiger partial charge in [-0.3, -0.25) is 4.79 Å². The summed E-state index contributed by atoms with van der Waals surface area (Å²) in [5.74, 6) is -0.522. The van der Waals surface area contributed by atoms with Crippen molar-refractivity contribution in [3.05, 3.63) is 66.4 Å². The van der Waals surface area contributed by atoms with Gasteiger partial charge in [0.25, 0.3) is 5.91 Å². The van der Waals surface area contributed by atoms with Crippen LogP contribution in [0.4, 0.5) is 4.39 Å². The molecular formula is C21H18FN5O. The number of amides is 1. The number of nitrogens with one attached hydrogen (secondary N) is 1. The van der Waals surface area contributed by atoms with Crippen LogP contribution in [0, 0.1) is 5.82 Å². The van der Waals surface area contributed by atoms with Crippen LogP contribution in [0.3, 0.4) is 0 Å². The van der Waals surface area contributed by atoms with Gasteiger partial charge < -0.3 is 9.88 Å². The fourth-order valence-corrected chi connectivity index (χ4v) is 3.18. The summed E-state index contributed by atoms with van der Waals surface area (Å²) in [6.07, 6.45) is 3.37. The minimum absolute atomic E-state index is 0.183. The first-order chi connectivity index (χ1) is 13.6. The maximum absolute atomic E-state index is 14.5. The number of halogens is 1. The third kappa shape index (κ3) is 3.00. The summed E-state index contributed by atoms with van der Waals surface area (Å²) in [4.78, 5) is 16.2. The second kappa shape index (κ2) is 7.19. The van der Waals surface area contributed by atoms with Crippen molar-refractivity contribution in [3.8, 4) is 22.3 Å². The zero-order valence-electron chi connectivity index (χ0n) is 15.5. The Labute approximate surface area is 161 Å². The Morgan fingerprint density at radius 2 is 1.86 bits per heavy atom. The highest BCUT2D eigenvalue weighted by Crippen LogP contribution is 2.31. The molecule has 2 heterocycles. The summed E-state index contributed by atoms with van der Waals surface area (Å²) < 4.78 is 16.5. The Morgan fingerprint density at radius 3 is 2.57 bits per heavy atom. The molecule has 0 aliphatic rings. The predicted octanol–water partition coefficient (Wildman–Crippen LogP) is 3.68. The van der Waals surface area contributed by atoms with Gasteiger partial charge in [0.05, 0.1) is 12.5 Å². The number of hydrogen-bond donors (Lipinski definition) is 1. The number of fused-ring (bicyclic) bond motifs is 1. The Hall–Kier alpha value is -3.61. The van der Waals surface area contributed by atoms with E-state index in [0.29, 0.717) is 22.3 Å². The van der Waals surface area contributed by atoms with E-state index in [2.05, 4.69) is 20.5 Å². The molecule has 1 N–H and O–H groups in total. The van der Waals surface area contributed by atoms with E-state index in [9.17, 15) is 9.18 Å². The van der Waals surface area contributed by atoms with Crippen molar-refractivity contribution in [3.63, 3.8) is 0 Å². The van der Waals surface area contributed by atoms with E-state index in [-0.39, 0.29) is 11.7 Å². The van der Waals surface area contributed by atoms with E-state index in [1.165, 1.54) is 6.07 Å². The molecule has 0 atom stereocenters. The van der Waals surface area contributed by atoms with Crippen LogP contribution in [-0.2, 0) is 6.54 Å². The van der Waals surface area contributed by atoms with Gasteiger partial charge in [0.2, 0.25) is 0 Å². The molecule has 7 heteroatoms. The van der Waals surface area contributed by atoms with Crippen LogP contribution < -0.4 is 5.32 Å². The molecule has 0 saturated carbocycles. The van der Waals surface area contributed by atoms with Crippen LogP contribution in [0.25, 0.3) is 33.4 Å². The maximum atomic E-state index is 14.5. The molecule has 1 amide bonds. The number of imidazole rings is 1. The van der Waals surface area contributed by atoms with Crippen molar-refractivity contribution in [2.75, 3.05) is 7.05 Å². The number of nitrogens with zero attached hydrogens (tertiary/aromatic N) is 4. The summed E-state index contributed by atoms with van der Waals surface area (Å²) in [5, 5.41) is 10.8. The van der Waals surface area contributed by atoms with E-state index >= 15 is 0 Å². The predicted molar refractivity (Wildman–Crippen MR) is 105 cm³/mol. The summed E-state index contributed by atoms with van der Waals surface area (Å²) in [6, 6.07) is 11.7. The molecule has 0 radical (unpaired) electrons. The van der Waals surface area contributed by atoms with Crippen molar-refractivity contribution >= 4 is 17.1 Å². The molecule has 0 bridgehead atoms. The van der Waals surface area contributed by atoms with Crippen LogP contribution in [-0.4, -0.2) is 32.7 Å². The van der Waals surface area contributed by atoms with E-state index in [0.717, 1.165) is 23.2 Å². The SMILES string of the molecule is CCn1cnc2c(-c3ccc(F)c(-c4ccc(C(=O)NC)cc4)c3)cnnc21. The second-order valence-electron chi connectivity index (χ2n) is 6.31. The smallest absolute Gasteiger partial charge is 0.251 e. The second-order valence-corrected chi connectivity index (χ2v) is 6.31. The summed E-state index contributed by atoms with van der Waals surface area (Å²) >= 11 is 0. The van der Waals surface area contributed by atoms with Crippen molar-refractivity contribution in [1.29, 1.82) is 0 Å². The fourth-order valence-electron chi connectivity index (χ4n) is 3.18. The molecule has 6 nitrogen and oxygen atoms in total. The highest BCUT2D eigenvalue weighted by atomic mass is 19.1. The molecule has 0 spiro atoms. The molecule has 28 heavy (non-hydrogen) atoms. The molecule has 0 aliphatic carbocycles. The first-order valence-corrected chi connectivity index (χ1v) is 8.91. The lowest BCUT2D eigenvalue weighted by molar-refractivity contribution is 0.0963. The van der Waals surface area contributed by atoms with Crippen LogP contribution in [0.2, 0.25) is 0 Å². The van der Waals surface area contributed by atoms with Gasteiger partial charge in [-0.05, 0) is 42.3 Å². The first-order valence-electron chi connectivity index (χ1n) is 8.91. The minimum Gasteiger partial charge on any atom is -0.355 e. The van der Waals surface area contributed by atoms with Crippen LogP contribution in [0.5, 0.6) is 0 Å². The van der Waals surface area contributed by atoms with E-state index < -0.39 is 0 Å². The average molecular weight is 375 g/mol. The highest BCUT2D eigenvalue weighted by Gasteiger charge is 2.14. The van der Waals surface area contributed by atoms with Gasteiger partial charge in [0.15, 0.2) is 5.65 Å². The Bertz CT molecular complexity index is 1170. The molecule has 2 aromatic carbocycles. The number of aryl methyl sites for hydroxylation is 1. The first kappa shape index (κ1) is 17.8. The topological polar surface area (TPSA) is 72.7 Å². The maximum Gasteiger partial charge on any atom is 0.251 e. The average Bonchev–Trinajstić information content (AvgIpc) is 3.17. The van der Waals surface area contributed by atoms with Gasteiger partial charge in [0.1, 0.15) is 11.3 Å². The quantitative estimate of drug-likeness (QED) is 0.591. The molecule has 140 valence electrons. The molecule has 0 aliphatic heterocycles. The molecular weight excluding hydrogens is 357 g/mol. The number of carbonyl (C=O) groups excluding carboxylic acids is 1. The lowest BCUT2D eigenvalue weighted by Crippen LogP contribution is -2.17. The van der Waals surface area contributed by atoms with Gasteiger partial charge in [-0.2, -0.15) is 5.10 Å².